The van der Waals surface area contributed by atoms with Crippen LogP contribution in [0.3, 0.4) is 0 Å². The number of halogens is 1. The molecule has 0 aliphatic rings. The lowest BCUT2D eigenvalue weighted by atomic mass is 10.0. The summed E-state index contributed by atoms with van der Waals surface area (Å²) in [4.78, 5) is 12.5. The van der Waals surface area contributed by atoms with Gasteiger partial charge in [-0.3, -0.25) is 4.79 Å². The van der Waals surface area contributed by atoms with E-state index in [9.17, 15) is 13.2 Å². The van der Waals surface area contributed by atoms with E-state index in [0.29, 0.717) is 31.1 Å². The molecule has 0 fully saturated rings. The highest BCUT2D eigenvalue weighted by Crippen LogP contribution is 2.37. The van der Waals surface area contributed by atoms with Crippen molar-refractivity contribution < 1.29 is 22.7 Å². The molecule has 32 heavy (non-hydrogen) atoms. The number of hydrogen-bond acceptors (Lipinski definition) is 5. The first-order chi connectivity index (χ1) is 15.2. The van der Waals surface area contributed by atoms with Crippen molar-refractivity contribution in [3.8, 4) is 11.5 Å². The highest BCUT2D eigenvalue weighted by Gasteiger charge is 2.26. The predicted molar refractivity (Wildman–Crippen MR) is 129 cm³/mol. The largest absolute Gasteiger partial charge is 0.493 e. The third-order valence-corrected chi connectivity index (χ3v) is 6.83. The summed E-state index contributed by atoms with van der Waals surface area (Å²) < 4.78 is 38.4. The van der Waals surface area contributed by atoms with E-state index in [1.165, 1.54) is 6.92 Å². The Morgan fingerprint density at radius 3 is 2.41 bits per heavy atom. The predicted octanol–water partition coefficient (Wildman–Crippen LogP) is 3.66. The molecule has 2 aromatic rings. The molecule has 1 unspecified atom stereocenters. The van der Waals surface area contributed by atoms with Gasteiger partial charge in [-0.25, -0.2) is 13.1 Å². The number of nitrogens with one attached hydrogen (secondary N) is 2. The van der Waals surface area contributed by atoms with Gasteiger partial charge in [0.15, 0.2) is 11.5 Å². The fraction of sp³-hybridized carbons (Fsp3) is 0.435. The average molecular weight is 527 g/mol. The van der Waals surface area contributed by atoms with Crippen LogP contribution < -0.4 is 19.5 Å². The molecule has 1 atom stereocenters. The summed E-state index contributed by atoms with van der Waals surface area (Å²) in [6, 6.07) is 12.8. The van der Waals surface area contributed by atoms with E-state index in [-0.39, 0.29) is 17.6 Å². The Kier molecular flexibility index (Phi) is 9.99. The van der Waals surface area contributed by atoms with Crippen molar-refractivity contribution in [3.05, 3.63) is 58.1 Å². The van der Waals surface area contributed by atoms with E-state index >= 15 is 0 Å². The molecule has 0 radical (unpaired) electrons. The van der Waals surface area contributed by atoms with Crippen LogP contribution in [-0.2, 0) is 27.8 Å². The lowest BCUT2D eigenvalue weighted by Gasteiger charge is -2.21. The third kappa shape index (κ3) is 7.79. The molecular formula is C23H31BrN2O5S. The molecule has 0 heterocycles. The summed E-state index contributed by atoms with van der Waals surface area (Å²) in [5.74, 6) is 0.610. The second-order valence-corrected chi connectivity index (χ2v) is 10.6. The molecule has 1 amide bonds. The van der Waals surface area contributed by atoms with Gasteiger partial charge in [0.1, 0.15) is 12.6 Å². The summed E-state index contributed by atoms with van der Waals surface area (Å²) in [6.45, 7) is 5.92. The molecule has 2 aromatic carbocycles. The Hall–Kier alpha value is -2.10. The van der Waals surface area contributed by atoms with Gasteiger partial charge in [-0.2, -0.15) is 0 Å². The van der Waals surface area contributed by atoms with Crippen LogP contribution in [0.2, 0.25) is 0 Å². The first kappa shape index (κ1) is 26.2. The van der Waals surface area contributed by atoms with Crippen LogP contribution in [0.25, 0.3) is 0 Å². The van der Waals surface area contributed by atoms with Crippen LogP contribution in [0, 0.1) is 5.92 Å². The van der Waals surface area contributed by atoms with Crippen molar-refractivity contribution >= 4 is 31.9 Å². The minimum absolute atomic E-state index is 0.0734. The second kappa shape index (κ2) is 12.2. The molecular weight excluding hydrogens is 496 g/mol. The number of carbonyl (C=O) groups excluding carboxylic acids is 1. The minimum Gasteiger partial charge on any atom is -0.493 e. The maximum Gasteiger partial charge on any atom is 0.238 e. The molecule has 0 saturated carbocycles. The smallest absolute Gasteiger partial charge is 0.238 e. The number of carbonyl (C=O) groups is 1. The Labute approximate surface area is 199 Å². The molecule has 176 valence electrons. The highest BCUT2D eigenvalue weighted by molar-refractivity contribution is 9.10. The number of amides is 1. The van der Waals surface area contributed by atoms with Gasteiger partial charge in [0, 0.05) is 6.54 Å². The van der Waals surface area contributed by atoms with Crippen molar-refractivity contribution in [2.75, 3.05) is 19.4 Å². The van der Waals surface area contributed by atoms with E-state index < -0.39 is 16.1 Å². The lowest BCUT2D eigenvalue weighted by Crippen LogP contribution is -2.50. The van der Waals surface area contributed by atoms with E-state index in [2.05, 4.69) is 26.0 Å². The van der Waals surface area contributed by atoms with E-state index in [1.54, 1.807) is 21.0 Å². The Morgan fingerprint density at radius 2 is 1.81 bits per heavy atom. The zero-order valence-electron chi connectivity index (χ0n) is 18.9. The maximum absolute atomic E-state index is 12.5. The molecule has 0 saturated heterocycles. The van der Waals surface area contributed by atoms with Gasteiger partial charge >= 0.3 is 0 Å². The van der Waals surface area contributed by atoms with Gasteiger partial charge in [0.25, 0.3) is 0 Å². The summed E-state index contributed by atoms with van der Waals surface area (Å²) >= 11 is 3.55. The number of benzene rings is 2. The number of methoxy groups -OCH3 is 1. The summed E-state index contributed by atoms with van der Waals surface area (Å²) in [5, 5.41) is 2.82. The van der Waals surface area contributed by atoms with E-state index in [1.807, 2.05) is 42.5 Å². The fourth-order valence-corrected chi connectivity index (χ4v) is 4.53. The average Bonchev–Trinajstić information content (AvgIpc) is 2.76. The van der Waals surface area contributed by atoms with Crippen molar-refractivity contribution in [2.24, 2.45) is 5.92 Å². The third-order valence-electron chi connectivity index (χ3n) is 4.86. The highest BCUT2D eigenvalue weighted by atomic mass is 79.9. The first-order valence-electron chi connectivity index (χ1n) is 10.5. The number of hydrogen-bond donors (Lipinski definition) is 2. The van der Waals surface area contributed by atoms with Gasteiger partial charge in [0.05, 0.1) is 17.3 Å². The van der Waals surface area contributed by atoms with Crippen molar-refractivity contribution in [3.63, 3.8) is 0 Å². The Bertz CT molecular complexity index is 997. The summed E-state index contributed by atoms with van der Waals surface area (Å²) in [7, 11) is -1.90. The monoisotopic (exact) mass is 526 g/mol. The Balaban J connectivity index is 2.00. The normalized spacial score (nSPS) is 12.4. The second-order valence-electron chi connectivity index (χ2n) is 7.67. The van der Waals surface area contributed by atoms with Crippen LogP contribution in [0.15, 0.2) is 46.9 Å². The molecule has 0 bridgehead atoms. The number of rotatable bonds is 12. The van der Waals surface area contributed by atoms with Gasteiger partial charge < -0.3 is 14.8 Å². The minimum atomic E-state index is -3.48. The maximum atomic E-state index is 12.5. The fourth-order valence-electron chi connectivity index (χ4n) is 3.00. The molecule has 2 N–H and O–H groups in total. The Morgan fingerprint density at radius 1 is 1.12 bits per heavy atom. The molecule has 0 aliphatic carbocycles. The molecule has 2 rings (SSSR count). The zero-order valence-corrected chi connectivity index (χ0v) is 21.3. The molecule has 0 spiro atoms. The van der Waals surface area contributed by atoms with E-state index in [0.717, 1.165) is 15.6 Å². The number of ether oxygens (including phenoxy) is 2. The van der Waals surface area contributed by atoms with Crippen LogP contribution in [0.4, 0.5) is 0 Å². The topological polar surface area (TPSA) is 93.7 Å². The summed E-state index contributed by atoms with van der Waals surface area (Å²) in [5.41, 5.74) is 1.99. The van der Waals surface area contributed by atoms with Crippen molar-refractivity contribution in [1.82, 2.24) is 10.0 Å². The zero-order chi connectivity index (χ0) is 23.7. The number of sulfonamides is 1. The van der Waals surface area contributed by atoms with Crippen molar-refractivity contribution in [1.29, 1.82) is 0 Å². The standard InChI is InChI=1S/C23H31BrN2O5S/c1-5-32(28,29)26-21(16(2)3)23(27)25-12-11-18-13-19(24)22(20(14-18)30-4)31-15-17-9-7-6-8-10-17/h6-10,13-14,16,21,26H,5,11-12,15H2,1-4H3,(H,25,27). The first-order valence-corrected chi connectivity index (χ1v) is 12.9. The van der Waals surface area contributed by atoms with Crippen LogP contribution in [0.5, 0.6) is 11.5 Å². The van der Waals surface area contributed by atoms with Crippen LogP contribution in [0.1, 0.15) is 31.9 Å². The van der Waals surface area contributed by atoms with Crippen LogP contribution in [-0.4, -0.2) is 39.8 Å². The molecule has 0 aromatic heterocycles. The van der Waals surface area contributed by atoms with Gasteiger partial charge in [-0.1, -0.05) is 44.2 Å². The quantitative estimate of drug-likeness (QED) is 0.440. The molecule has 0 aliphatic heterocycles. The van der Waals surface area contributed by atoms with Gasteiger partial charge in [0.2, 0.25) is 15.9 Å². The molecule has 7 nitrogen and oxygen atoms in total. The molecule has 9 heteroatoms. The van der Waals surface area contributed by atoms with E-state index in [4.69, 9.17) is 9.47 Å². The lowest BCUT2D eigenvalue weighted by molar-refractivity contribution is -0.123. The van der Waals surface area contributed by atoms with Crippen LogP contribution >= 0.6 is 15.9 Å². The van der Waals surface area contributed by atoms with Crippen molar-refractivity contribution in [2.45, 2.75) is 39.8 Å². The SMILES string of the molecule is CCS(=O)(=O)NC(C(=O)NCCc1cc(Br)c(OCc2ccccc2)c(OC)c1)C(C)C. The van der Waals surface area contributed by atoms with Gasteiger partial charge in [-0.15, -0.1) is 0 Å². The summed E-state index contributed by atoms with van der Waals surface area (Å²) in [6.07, 6.45) is 0.547. The van der Waals surface area contributed by atoms with Gasteiger partial charge in [-0.05, 0) is 58.5 Å².